The van der Waals surface area contributed by atoms with E-state index in [9.17, 15) is 0 Å². The van der Waals surface area contributed by atoms with Crippen LogP contribution in [0, 0.1) is 0 Å². The highest BCUT2D eigenvalue weighted by Crippen LogP contribution is 2.29. The van der Waals surface area contributed by atoms with Crippen molar-refractivity contribution < 1.29 is 4.74 Å². The molecule has 1 aromatic carbocycles. The topological polar surface area (TPSA) is 36.9 Å². The summed E-state index contributed by atoms with van der Waals surface area (Å²) in [6.45, 7) is 5.55. The van der Waals surface area contributed by atoms with Gasteiger partial charge >= 0.3 is 0 Å². The predicted octanol–water partition coefficient (Wildman–Crippen LogP) is 1.86. The van der Waals surface area contributed by atoms with Crippen LogP contribution in [0.25, 0.3) is 0 Å². The molecule has 0 aliphatic carbocycles. The van der Waals surface area contributed by atoms with E-state index in [1.165, 1.54) is 11.3 Å². The fourth-order valence-corrected chi connectivity index (χ4v) is 2.32. The molecule has 1 atom stereocenters. The summed E-state index contributed by atoms with van der Waals surface area (Å²) in [6, 6.07) is 8.59. The Balaban J connectivity index is 1.85. The molecule has 2 aliphatic rings. The van der Waals surface area contributed by atoms with E-state index in [2.05, 4.69) is 41.4 Å². The van der Waals surface area contributed by atoms with Crippen LogP contribution in [0.3, 0.4) is 0 Å². The van der Waals surface area contributed by atoms with Crippen LogP contribution in [0.4, 0.5) is 5.69 Å². The van der Waals surface area contributed by atoms with Crippen LogP contribution in [0.1, 0.15) is 18.5 Å². The van der Waals surface area contributed by atoms with Crippen molar-refractivity contribution in [3.8, 4) is 0 Å². The number of rotatable bonds is 0. The first-order valence-electron chi connectivity index (χ1n) is 6.11. The minimum Gasteiger partial charge on any atom is -0.378 e. The fourth-order valence-electron chi connectivity index (χ4n) is 2.32. The van der Waals surface area contributed by atoms with E-state index in [-0.39, 0.29) is 6.04 Å². The highest BCUT2D eigenvalue weighted by atomic mass is 16.5. The summed E-state index contributed by atoms with van der Waals surface area (Å²) >= 11 is 0. The highest BCUT2D eigenvalue weighted by Gasteiger charge is 2.22. The first kappa shape index (κ1) is 10.6. The van der Waals surface area contributed by atoms with Gasteiger partial charge in [0.05, 0.1) is 19.3 Å². The van der Waals surface area contributed by atoms with E-state index in [1.807, 2.05) is 0 Å². The van der Waals surface area contributed by atoms with Gasteiger partial charge in [0.1, 0.15) is 0 Å². The number of morpholine rings is 1. The zero-order valence-corrected chi connectivity index (χ0v) is 10.0. The molecule has 4 heteroatoms. The van der Waals surface area contributed by atoms with Gasteiger partial charge in [0.15, 0.2) is 5.96 Å². The molecule has 1 fully saturated rings. The number of nitrogens with zero attached hydrogens (tertiary/aromatic N) is 2. The smallest absolute Gasteiger partial charge is 0.199 e. The van der Waals surface area contributed by atoms with Crippen molar-refractivity contribution in [1.29, 1.82) is 0 Å². The van der Waals surface area contributed by atoms with Crippen LogP contribution in [0.15, 0.2) is 29.3 Å². The van der Waals surface area contributed by atoms with Gasteiger partial charge < -0.3 is 15.0 Å². The molecule has 2 aliphatic heterocycles. The molecule has 0 bridgehead atoms. The zero-order chi connectivity index (χ0) is 11.7. The van der Waals surface area contributed by atoms with Gasteiger partial charge in [-0.1, -0.05) is 18.2 Å². The number of para-hydroxylation sites is 1. The Morgan fingerprint density at radius 1 is 1.29 bits per heavy atom. The first-order chi connectivity index (χ1) is 8.34. The minimum absolute atomic E-state index is 0.227. The number of nitrogens with one attached hydrogen (secondary N) is 1. The van der Waals surface area contributed by atoms with Crippen LogP contribution >= 0.6 is 0 Å². The molecule has 1 saturated heterocycles. The predicted molar refractivity (Wildman–Crippen MR) is 68.3 cm³/mol. The molecule has 1 N–H and O–H groups in total. The maximum absolute atomic E-state index is 5.36. The van der Waals surface area contributed by atoms with Gasteiger partial charge in [0, 0.05) is 18.8 Å². The first-order valence-corrected chi connectivity index (χ1v) is 6.11. The minimum atomic E-state index is 0.227. The average molecular weight is 231 g/mol. The molecule has 0 spiro atoms. The molecule has 17 heavy (non-hydrogen) atoms. The van der Waals surface area contributed by atoms with Gasteiger partial charge in [0.2, 0.25) is 0 Å². The zero-order valence-electron chi connectivity index (χ0n) is 10.0. The molecule has 1 unspecified atom stereocenters. The Morgan fingerprint density at radius 3 is 2.88 bits per heavy atom. The van der Waals surface area contributed by atoms with Gasteiger partial charge in [-0.15, -0.1) is 0 Å². The lowest BCUT2D eigenvalue weighted by Crippen LogP contribution is -2.45. The summed E-state index contributed by atoms with van der Waals surface area (Å²) in [5.74, 6) is 0.986. The Kier molecular flexibility index (Phi) is 2.73. The van der Waals surface area contributed by atoms with Crippen LogP contribution < -0.4 is 5.32 Å². The fraction of sp³-hybridized carbons (Fsp3) is 0.462. The molecule has 2 heterocycles. The van der Waals surface area contributed by atoms with Gasteiger partial charge in [-0.25, -0.2) is 4.99 Å². The molecule has 4 nitrogen and oxygen atoms in total. The average Bonchev–Trinajstić information content (AvgIpc) is 2.40. The normalized spacial score (nSPS) is 23.7. The summed E-state index contributed by atoms with van der Waals surface area (Å²) in [6.07, 6.45) is 0. The molecule has 0 amide bonds. The summed E-state index contributed by atoms with van der Waals surface area (Å²) < 4.78 is 5.36. The van der Waals surface area contributed by atoms with E-state index in [0.29, 0.717) is 0 Å². The Morgan fingerprint density at radius 2 is 2.06 bits per heavy atom. The number of benzene rings is 1. The Labute approximate surface area is 101 Å². The van der Waals surface area contributed by atoms with Gasteiger partial charge in [-0.2, -0.15) is 0 Å². The molecule has 1 aromatic rings. The third kappa shape index (κ3) is 2.00. The SMILES string of the molecule is CC1N=C(N2CCOCC2)Nc2ccccc21. The lowest BCUT2D eigenvalue weighted by atomic mass is 10.1. The summed E-state index contributed by atoms with van der Waals surface area (Å²) in [5, 5.41) is 3.42. The summed E-state index contributed by atoms with van der Waals surface area (Å²) in [4.78, 5) is 6.98. The second-order valence-corrected chi connectivity index (χ2v) is 4.44. The number of hydrogen-bond donors (Lipinski definition) is 1. The van der Waals surface area contributed by atoms with Gasteiger partial charge in [0.25, 0.3) is 0 Å². The molecule has 0 radical (unpaired) electrons. The van der Waals surface area contributed by atoms with Gasteiger partial charge in [-0.3, -0.25) is 0 Å². The summed E-state index contributed by atoms with van der Waals surface area (Å²) in [7, 11) is 0. The second-order valence-electron chi connectivity index (χ2n) is 4.44. The quantitative estimate of drug-likeness (QED) is 0.740. The maximum atomic E-state index is 5.36. The largest absolute Gasteiger partial charge is 0.378 e. The molecular weight excluding hydrogens is 214 g/mol. The highest BCUT2D eigenvalue weighted by molar-refractivity contribution is 5.96. The van der Waals surface area contributed by atoms with Crippen molar-refractivity contribution in [3.05, 3.63) is 29.8 Å². The number of guanidine groups is 1. The molecular formula is C13H17N3O. The van der Waals surface area contributed by atoms with Crippen molar-refractivity contribution in [1.82, 2.24) is 4.90 Å². The van der Waals surface area contributed by atoms with E-state index in [4.69, 9.17) is 9.73 Å². The third-order valence-electron chi connectivity index (χ3n) is 3.28. The number of anilines is 1. The van der Waals surface area contributed by atoms with Crippen LogP contribution in [0.5, 0.6) is 0 Å². The van der Waals surface area contributed by atoms with E-state index in [0.717, 1.165) is 32.3 Å². The Bertz CT molecular complexity index is 438. The Hall–Kier alpha value is -1.55. The van der Waals surface area contributed by atoms with Gasteiger partial charge in [-0.05, 0) is 18.6 Å². The van der Waals surface area contributed by atoms with E-state index >= 15 is 0 Å². The number of fused-ring (bicyclic) bond motifs is 1. The second kappa shape index (κ2) is 4.37. The van der Waals surface area contributed by atoms with Crippen molar-refractivity contribution in [3.63, 3.8) is 0 Å². The van der Waals surface area contributed by atoms with E-state index in [1.54, 1.807) is 0 Å². The molecule has 3 rings (SSSR count). The lowest BCUT2D eigenvalue weighted by molar-refractivity contribution is 0.0677. The number of ether oxygens (including phenoxy) is 1. The van der Waals surface area contributed by atoms with Crippen LogP contribution in [-0.4, -0.2) is 37.2 Å². The maximum Gasteiger partial charge on any atom is 0.199 e. The monoisotopic (exact) mass is 231 g/mol. The summed E-state index contributed by atoms with van der Waals surface area (Å²) in [5.41, 5.74) is 2.45. The van der Waals surface area contributed by atoms with E-state index < -0.39 is 0 Å². The number of hydrogen-bond acceptors (Lipinski definition) is 4. The molecule has 0 saturated carbocycles. The molecule has 90 valence electrons. The molecule has 0 aromatic heterocycles. The standard InChI is InChI=1S/C13H17N3O/c1-10-11-4-2-3-5-12(11)15-13(14-10)16-6-8-17-9-7-16/h2-5,10H,6-9H2,1H3,(H,14,15). The van der Waals surface area contributed by atoms with Crippen molar-refractivity contribution in [2.24, 2.45) is 4.99 Å². The van der Waals surface area contributed by atoms with Crippen molar-refractivity contribution >= 4 is 11.6 Å². The van der Waals surface area contributed by atoms with Crippen molar-refractivity contribution in [2.75, 3.05) is 31.6 Å². The lowest BCUT2D eigenvalue weighted by Gasteiger charge is -2.33. The third-order valence-corrected chi connectivity index (χ3v) is 3.28. The van der Waals surface area contributed by atoms with Crippen LogP contribution in [0.2, 0.25) is 0 Å². The number of aliphatic imine (C=N–C) groups is 1. The van der Waals surface area contributed by atoms with Crippen LogP contribution in [-0.2, 0) is 4.74 Å². The van der Waals surface area contributed by atoms with Crippen molar-refractivity contribution in [2.45, 2.75) is 13.0 Å².